The second-order valence-corrected chi connectivity index (χ2v) is 8.07. The molecule has 2 heteroatoms. The summed E-state index contributed by atoms with van der Waals surface area (Å²) in [6, 6.07) is 1.47. The lowest BCUT2D eigenvalue weighted by atomic mass is 9.82. The van der Waals surface area contributed by atoms with Crippen molar-refractivity contribution in [2.24, 2.45) is 11.3 Å². The summed E-state index contributed by atoms with van der Waals surface area (Å²) < 4.78 is 0. The predicted octanol–water partition coefficient (Wildman–Crippen LogP) is 3.67. The molecule has 2 aliphatic rings. The summed E-state index contributed by atoms with van der Waals surface area (Å²) in [4.78, 5) is 2.74. The molecule has 1 N–H and O–H groups in total. The first-order valence-electron chi connectivity index (χ1n) is 8.43. The van der Waals surface area contributed by atoms with Crippen LogP contribution in [0.2, 0.25) is 0 Å². The highest BCUT2D eigenvalue weighted by Gasteiger charge is 2.31. The first-order chi connectivity index (χ1) is 8.96. The Morgan fingerprint density at radius 2 is 1.79 bits per heavy atom. The Morgan fingerprint density at radius 3 is 2.42 bits per heavy atom. The minimum atomic E-state index is 0.463. The molecule has 1 heterocycles. The molecule has 2 rings (SSSR count). The van der Waals surface area contributed by atoms with Gasteiger partial charge in [0.25, 0.3) is 0 Å². The SMILES string of the molecule is CC1CNC(C2CCCCC2)CN1CCC(C)(C)C. The van der Waals surface area contributed by atoms with E-state index in [0.717, 1.165) is 12.0 Å². The van der Waals surface area contributed by atoms with Gasteiger partial charge in [-0.15, -0.1) is 0 Å². The molecular weight excluding hydrogens is 232 g/mol. The van der Waals surface area contributed by atoms with Crippen molar-refractivity contribution >= 4 is 0 Å². The Bertz CT molecular complexity index is 263. The van der Waals surface area contributed by atoms with Crippen molar-refractivity contribution in [2.45, 2.75) is 78.3 Å². The third kappa shape index (κ3) is 4.75. The molecule has 19 heavy (non-hydrogen) atoms. The second kappa shape index (κ2) is 6.58. The van der Waals surface area contributed by atoms with Crippen LogP contribution in [-0.4, -0.2) is 36.6 Å². The number of hydrogen-bond donors (Lipinski definition) is 1. The number of nitrogens with one attached hydrogen (secondary N) is 1. The lowest BCUT2D eigenvalue weighted by Crippen LogP contribution is -2.58. The summed E-state index contributed by atoms with van der Waals surface area (Å²) in [7, 11) is 0. The molecule has 2 atom stereocenters. The van der Waals surface area contributed by atoms with Crippen molar-refractivity contribution in [3.05, 3.63) is 0 Å². The van der Waals surface area contributed by atoms with Crippen LogP contribution in [0, 0.1) is 11.3 Å². The third-order valence-electron chi connectivity index (χ3n) is 5.10. The van der Waals surface area contributed by atoms with Crippen molar-refractivity contribution in [1.82, 2.24) is 10.2 Å². The van der Waals surface area contributed by atoms with Gasteiger partial charge in [0.15, 0.2) is 0 Å². The van der Waals surface area contributed by atoms with E-state index in [-0.39, 0.29) is 0 Å². The van der Waals surface area contributed by atoms with E-state index < -0.39 is 0 Å². The number of piperazine rings is 1. The highest BCUT2D eigenvalue weighted by molar-refractivity contribution is 4.89. The molecule has 112 valence electrons. The van der Waals surface area contributed by atoms with Gasteiger partial charge in [-0.1, -0.05) is 40.0 Å². The summed E-state index contributed by atoms with van der Waals surface area (Å²) in [5.41, 5.74) is 0.463. The number of hydrogen-bond acceptors (Lipinski definition) is 2. The average Bonchev–Trinajstić information content (AvgIpc) is 2.38. The molecule has 0 radical (unpaired) electrons. The molecule has 0 aromatic rings. The van der Waals surface area contributed by atoms with Gasteiger partial charge in [-0.2, -0.15) is 0 Å². The summed E-state index contributed by atoms with van der Waals surface area (Å²) >= 11 is 0. The van der Waals surface area contributed by atoms with Gasteiger partial charge in [0.1, 0.15) is 0 Å². The van der Waals surface area contributed by atoms with E-state index in [0.29, 0.717) is 11.5 Å². The van der Waals surface area contributed by atoms with Gasteiger partial charge >= 0.3 is 0 Å². The second-order valence-electron chi connectivity index (χ2n) is 8.07. The fourth-order valence-corrected chi connectivity index (χ4v) is 3.59. The lowest BCUT2D eigenvalue weighted by Gasteiger charge is -2.43. The van der Waals surface area contributed by atoms with E-state index in [2.05, 4.69) is 37.9 Å². The van der Waals surface area contributed by atoms with Crippen LogP contribution in [0.4, 0.5) is 0 Å². The van der Waals surface area contributed by atoms with Gasteiger partial charge in [0.2, 0.25) is 0 Å². The largest absolute Gasteiger partial charge is 0.311 e. The fraction of sp³-hybridized carbons (Fsp3) is 1.00. The first kappa shape index (κ1) is 15.3. The summed E-state index contributed by atoms with van der Waals surface area (Å²) in [5, 5.41) is 3.82. The Hall–Kier alpha value is -0.0800. The van der Waals surface area contributed by atoms with Crippen LogP contribution in [0.1, 0.15) is 66.2 Å². The van der Waals surface area contributed by atoms with E-state index in [1.807, 2.05) is 0 Å². The van der Waals surface area contributed by atoms with E-state index in [1.54, 1.807) is 0 Å². The molecule has 0 spiro atoms. The van der Waals surface area contributed by atoms with Crippen molar-refractivity contribution in [3.63, 3.8) is 0 Å². The smallest absolute Gasteiger partial charge is 0.0224 e. The molecule has 2 nitrogen and oxygen atoms in total. The van der Waals surface area contributed by atoms with Crippen LogP contribution in [0.25, 0.3) is 0 Å². The van der Waals surface area contributed by atoms with Crippen LogP contribution in [0.3, 0.4) is 0 Å². The zero-order valence-electron chi connectivity index (χ0n) is 13.5. The van der Waals surface area contributed by atoms with Gasteiger partial charge in [0, 0.05) is 25.2 Å². The molecule has 2 unspecified atom stereocenters. The van der Waals surface area contributed by atoms with Crippen LogP contribution in [0.5, 0.6) is 0 Å². The van der Waals surface area contributed by atoms with Gasteiger partial charge in [-0.05, 0) is 44.1 Å². The van der Waals surface area contributed by atoms with Gasteiger partial charge in [-0.3, -0.25) is 4.90 Å². The maximum Gasteiger partial charge on any atom is 0.0224 e. The van der Waals surface area contributed by atoms with Gasteiger partial charge < -0.3 is 5.32 Å². The molecule has 1 aliphatic heterocycles. The number of rotatable bonds is 3. The van der Waals surface area contributed by atoms with E-state index >= 15 is 0 Å². The van der Waals surface area contributed by atoms with Gasteiger partial charge in [-0.25, -0.2) is 0 Å². The first-order valence-corrected chi connectivity index (χ1v) is 8.43. The molecule has 1 saturated carbocycles. The molecule has 0 aromatic heterocycles. The molecular formula is C17H34N2. The lowest BCUT2D eigenvalue weighted by molar-refractivity contribution is 0.0934. The summed E-state index contributed by atoms with van der Waals surface area (Å²) in [6.07, 6.45) is 8.61. The quantitative estimate of drug-likeness (QED) is 0.838. The summed E-state index contributed by atoms with van der Waals surface area (Å²) in [6.45, 7) is 13.2. The average molecular weight is 266 g/mol. The van der Waals surface area contributed by atoms with Crippen molar-refractivity contribution in [1.29, 1.82) is 0 Å². The maximum absolute atomic E-state index is 3.82. The fourth-order valence-electron chi connectivity index (χ4n) is 3.59. The zero-order chi connectivity index (χ0) is 13.9. The van der Waals surface area contributed by atoms with E-state index in [9.17, 15) is 0 Å². The van der Waals surface area contributed by atoms with Crippen molar-refractivity contribution in [3.8, 4) is 0 Å². The Kier molecular flexibility index (Phi) is 5.30. The van der Waals surface area contributed by atoms with Crippen LogP contribution in [-0.2, 0) is 0 Å². The van der Waals surface area contributed by atoms with Crippen molar-refractivity contribution < 1.29 is 0 Å². The van der Waals surface area contributed by atoms with Gasteiger partial charge in [0.05, 0.1) is 0 Å². The van der Waals surface area contributed by atoms with E-state index in [4.69, 9.17) is 0 Å². The van der Waals surface area contributed by atoms with Crippen LogP contribution in [0.15, 0.2) is 0 Å². The summed E-state index contributed by atoms with van der Waals surface area (Å²) in [5.74, 6) is 0.943. The highest BCUT2D eigenvalue weighted by Crippen LogP contribution is 2.29. The molecule has 0 aromatic carbocycles. The van der Waals surface area contributed by atoms with E-state index in [1.165, 1.54) is 58.2 Å². The number of nitrogens with zero attached hydrogens (tertiary/aromatic N) is 1. The molecule has 0 amide bonds. The standard InChI is InChI=1S/C17H34N2/c1-14-12-18-16(15-8-6-5-7-9-15)13-19(14)11-10-17(2,3)4/h14-16,18H,5-13H2,1-4H3. The molecule has 1 aliphatic carbocycles. The Balaban J connectivity index is 1.84. The van der Waals surface area contributed by atoms with Crippen LogP contribution < -0.4 is 5.32 Å². The normalized spacial score (nSPS) is 31.6. The highest BCUT2D eigenvalue weighted by atomic mass is 15.2. The topological polar surface area (TPSA) is 15.3 Å². The monoisotopic (exact) mass is 266 g/mol. The minimum Gasteiger partial charge on any atom is -0.311 e. The van der Waals surface area contributed by atoms with Crippen molar-refractivity contribution in [2.75, 3.05) is 19.6 Å². The Labute approximate surface area is 120 Å². The minimum absolute atomic E-state index is 0.463. The zero-order valence-corrected chi connectivity index (χ0v) is 13.5. The maximum atomic E-state index is 3.82. The van der Waals surface area contributed by atoms with Crippen LogP contribution >= 0.6 is 0 Å². The molecule has 0 bridgehead atoms. The molecule has 2 fully saturated rings. The Morgan fingerprint density at radius 1 is 1.11 bits per heavy atom. The third-order valence-corrected chi connectivity index (χ3v) is 5.10. The molecule has 1 saturated heterocycles. The predicted molar refractivity (Wildman–Crippen MR) is 83.5 cm³/mol.